The van der Waals surface area contributed by atoms with Crippen molar-refractivity contribution in [3.05, 3.63) is 12.7 Å². The monoisotopic (exact) mass is 366 g/mol. The van der Waals surface area contributed by atoms with Crippen molar-refractivity contribution in [3.63, 3.8) is 0 Å². The number of ether oxygens (including phenoxy) is 1. The third-order valence-electron chi connectivity index (χ3n) is 4.75. The highest BCUT2D eigenvalue weighted by atomic mass is 16.6. The maximum Gasteiger partial charge on any atom is 0.313 e. The molecule has 0 radical (unpaired) electrons. The first-order chi connectivity index (χ1) is 12.7. The molecule has 0 saturated carbocycles. The zero-order valence-electron chi connectivity index (χ0n) is 17.2. The van der Waals surface area contributed by atoms with E-state index >= 15 is 0 Å². The van der Waals surface area contributed by atoms with E-state index in [9.17, 15) is 9.59 Å². The minimum Gasteiger partial charge on any atom is -0.393 e. The van der Waals surface area contributed by atoms with Crippen molar-refractivity contribution in [1.29, 1.82) is 0 Å². The summed E-state index contributed by atoms with van der Waals surface area (Å²) in [7, 11) is 0. The molecule has 3 nitrogen and oxygen atoms in total. The molecule has 0 unspecified atom stereocenters. The minimum absolute atomic E-state index is 0.345. The standard InChI is InChI=1S/C23H42O3/c1-3-5-7-9-11-13-15-17-19-21-23(25)26-22(24)20-18-16-14-12-10-8-6-4-2/h4H,2-3,5-21H2,1H3. The Morgan fingerprint density at radius 1 is 0.654 bits per heavy atom. The number of unbranched alkanes of at least 4 members (excludes halogenated alkanes) is 14. The predicted molar refractivity (Wildman–Crippen MR) is 110 cm³/mol. The average molecular weight is 367 g/mol. The molecular formula is C23H42O3. The lowest BCUT2D eigenvalue weighted by Gasteiger charge is -2.04. The van der Waals surface area contributed by atoms with Crippen molar-refractivity contribution < 1.29 is 14.3 Å². The molecule has 3 heteroatoms. The molecule has 0 atom stereocenters. The molecule has 0 N–H and O–H groups in total. The van der Waals surface area contributed by atoms with Gasteiger partial charge in [-0.05, 0) is 25.7 Å². The normalized spacial score (nSPS) is 10.7. The summed E-state index contributed by atoms with van der Waals surface area (Å²) < 4.78 is 4.89. The summed E-state index contributed by atoms with van der Waals surface area (Å²) >= 11 is 0. The van der Waals surface area contributed by atoms with Crippen LogP contribution in [0.2, 0.25) is 0 Å². The van der Waals surface area contributed by atoms with Gasteiger partial charge in [0.15, 0.2) is 0 Å². The third-order valence-corrected chi connectivity index (χ3v) is 4.75. The van der Waals surface area contributed by atoms with E-state index in [-0.39, 0.29) is 11.9 Å². The Labute approximate surface area is 162 Å². The van der Waals surface area contributed by atoms with Crippen molar-refractivity contribution in [2.75, 3.05) is 0 Å². The van der Waals surface area contributed by atoms with Gasteiger partial charge < -0.3 is 4.74 Å². The minimum atomic E-state index is -0.349. The summed E-state index contributed by atoms with van der Waals surface area (Å²) in [6.07, 6.45) is 21.4. The van der Waals surface area contributed by atoms with E-state index in [1.165, 1.54) is 64.2 Å². The van der Waals surface area contributed by atoms with Crippen LogP contribution in [0.1, 0.15) is 122 Å². The molecule has 0 aromatic heterocycles. The second kappa shape index (κ2) is 20.2. The van der Waals surface area contributed by atoms with Crippen LogP contribution in [0.4, 0.5) is 0 Å². The first kappa shape index (κ1) is 24.9. The largest absolute Gasteiger partial charge is 0.393 e. The molecule has 0 aliphatic rings. The first-order valence-electron chi connectivity index (χ1n) is 11.0. The van der Waals surface area contributed by atoms with E-state index < -0.39 is 0 Å². The fourth-order valence-corrected chi connectivity index (χ4v) is 3.07. The highest BCUT2D eigenvalue weighted by molar-refractivity contribution is 5.85. The summed E-state index contributed by atoms with van der Waals surface area (Å²) in [5, 5.41) is 0. The molecule has 0 fully saturated rings. The van der Waals surface area contributed by atoms with E-state index in [0.29, 0.717) is 12.8 Å². The Morgan fingerprint density at radius 2 is 1.04 bits per heavy atom. The summed E-state index contributed by atoms with van der Waals surface area (Å²) in [6.45, 7) is 5.95. The van der Waals surface area contributed by atoms with Gasteiger partial charge in [0, 0.05) is 12.8 Å². The number of carbonyl (C=O) groups excluding carboxylic acids is 2. The lowest BCUT2D eigenvalue weighted by molar-refractivity contribution is -0.159. The SMILES string of the molecule is C=CCCCCCCCCC(=O)OC(=O)CCCCCCCCCCC. The second-order valence-electron chi connectivity index (χ2n) is 7.37. The summed E-state index contributed by atoms with van der Waals surface area (Å²) in [6, 6.07) is 0. The van der Waals surface area contributed by atoms with Crippen LogP contribution < -0.4 is 0 Å². The second-order valence-corrected chi connectivity index (χ2v) is 7.37. The Bertz CT molecular complexity index is 349. The topological polar surface area (TPSA) is 43.4 Å². The maximum atomic E-state index is 11.6. The van der Waals surface area contributed by atoms with Gasteiger partial charge in [-0.15, -0.1) is 6.58 Å². The highest BCUT2D eigenvalue weighted by Crippen LogP contribution is 2.12. The number of esters is 2. The molecule has 0 heterocycles. The van der Waals surface area contributed by atoms with Crippen molar-refractivity contribution in [1.82, 2.24) is 0 Å². The van der Waals surface area contributed by atoms with E-state index in [1.807, 2.05) is 6.08 Å². The van der Waals surface area contributed by atoms with Crippen molar-refractivity contribution in [2.45, 2.75) is 122 Å². The lowest BCUT2D eigenvalue weighted by Crippen LogP contribution is -2.11. The molecule has 0 saturated heterocycles. The van der Waals surface area contributed by atoms with Gasteiger partial charge >= 0.3 is 11.9 Å². The van der Waals surface area contributed by atoms with Gasteiger partial charge in [-0.3, -0.25) is 9.59 Å². The summed E-state index contributed by atoms with van der Waals surface area (Å²) in [4.78, 5) is 23.3. The van der Waals surface area contributed by atoms with Gasteiger partial charge in [-0.2, -0.15) is 0 Å². The van der Waals surface area contributed by atoms with Crippen LogP contribution in [-0.4, -0.2) is 11.9 Å². The van der Waals surface area contributed by atoms with Gasteiger partial charge in [0.05, 0.1) is 0 Å². The van der Waals surface area contributed by atoms with Gasteiger partial charge in [0.1, 0.15) is 0 Å². The van der Waals surface area contributed by atoms with Crippen LogP contribution in [0, 0.1) is 0 Å². The molecule has 26 heavy (non-hydrogen) atoms. The summed E-state index contributed by atoms with van der Waals surface area (Å²) in [5.41, 5.74) is 0. The predicted octanol–water partition coefficient (Wildman–Crippen LogP) is 7.28. The van der Waals surface area contributed by atoms with E-state index in [4.69, 9.17) is 4.74 Å². The van der Waals surface area contributed by atoms with Crippen LogP contribution in [0.3, 0.4) is 0 Å². The van der Waals surface area contributed by atoms with Gasteiger partial charge in [-0.25, -0.2) is 0 Å². The number of allylic oxidation sites excluding steroid dienone is 1. The molecule has 0 aromatic rings. The fraction of sp³-hybridized carbons (Fsp3) is 0.826. The lowest BCUT2D eigenvalue weighted by atomic mass is 10.1. The molecule has 0 amide bonds. The smallest absolute Gasteiger partial charge is 0.313 e. The Morgan fingerprint density at radius 3 is 1.46 bits per heavy atom. The van der Waals surface area contributed by atoms with Crippen molar-refractivity contribution >= 4 is 11.9 Å². The quantitative estimate of drug-likeness (QED) is 0.104. The van der Waals surface area contributed by atoms with Gasteiger partial charge in [0.25, 0.3) is 0 Å². The molecule has 0 bridgehead atoms. The van der Waals surface area contributed by atoms with Gasteiger partial charge in [-0.1, -0.05) is 90.0 Å². The van der Waals surface area contributed by atoms with E-state index in [0.717, 1.165) is 38.5 Å². The maximum absolute atomic E-state index is 11.6. The van der Waals surface area contributed by atoms with Crippen LogP contribution in [0.15, 0.2) is 12.7 Å². The molecule has 0 spiro atoms. The van der Waals surface area contributed by atoms with E-state index in [2.05, 4.69) is 13.5 Å². The Balaban J connectivity index is 3.35. The van der Waals surface area contributed by atoms with Crippen LogP contribution >= 0.6 is 0 Å². The zero-order valence-corrected chi connectivity index (χ0v) is 17.2. The van der Waals surface area contributed by atoms with Crippen LogP contribution in [0.5, 0.6) is 0 Å². The Kier molecular flexibility index (Phi) is 19.3. The van der Waals surface area contributed by atoms with Gasteiger partial charge in [0.2, 0.25) is 0 Å². The van der Waals surface area contributed by atoms with E-state index in [1.54, 1.807) is 0 Å². The number of carbonyl (C=O) groups is 2. The van der Waals surface area contributed by atoms with Crippen LogP contribution in [0.25, 0.3) is 0 Å². The molecular weight excluding hydrogens is 324 g/mol. The van der Waals surface area contributed by atoms with Crippen molar-refractivity contribution in [2.24, 2.45) is 0 Å². The molecule has 0 aromatic carbocycles. The van der Waals surface area contributed by atoms with Crippen molar-refractivity contribution in [3.8, 4) is 0 Å². The summed E-state index contributed by atoms with van der Waals surface area (Å²) in [5.74, 6) is -0.694. The number of hydrogen-bond acceptors (Lipinski definition) is 3. The fourth-order valence-electron chi connectivity index (χ4n) is 3.07. The highest BCUT2D eigenvalue weighted by Gasteiger charge is 2.09. The number of hydrogen-bond donors (Lipinski definition) is 0. The third kappa shape index (κ3) is 19.2. The zero-order chi connectivity index (χ0) is 19.3. The average Bonchev–Trinajstić information content (AvgIpc) is 2.62. The Hall–Kier alpha value is -1.12. The number of rotatable bonds is 19. The first-order valence-corrected chi connectivity index (χ1v) is 11.0. The molecule has 0 aliphatic heterocycles. The molecule has 152 valence electrons. The van der Waals surface area contributed by atoms with Crippen LogP contribution in [-0.2, 0) is 14.3 Å². The molecule has 0 aliphatic carbocycles. The molecule has 0 rings (SSSR count).